The normalized spacial score (nSPS) is 11.8. The molecule has 0 aliphatic heterocycles. The maximum absolute atomic E-state index is 12.5. The van der Waals surface area contributed by atoms with Crippen molar-refractivity contribution in [3.63, 3.8) is 0 Å². The van der Waals surface area contributed by atoms with Crippen molar-refractivity contribution in [3.05, 3.63) is 221 Å². The van der Waals surface area contributed by atoms with E-state index in [2.05, 4.69) is 16.4 Å². The highest BCUT2D eigenvalue weighted by atomic mass is 32.2. The summed E-state index contributed by atoms with van der Waals surface area (Å²) in [4.78, 5) is 23.7. The average Bonchev–Trinajstić information content (AvgIpc) is 0.784. The molecule has 11 aromatic rings. The molecule has 31 nitrogen and oxygen atoms in total. The highest BCUT2D eigenvalue weighted by Crippen LogP contribution is 2.34. The average molecular weight is 1980 g/mol. The van der Waals surface area contributed by atoms with Crippen molar-refractivity contribution < 1.29 is 96.2 Å². The van der Waals surface area contributed by atoms with E-state index in [9.17, 15) is 68.5 Å². The van der Waals surface area contributed by atoms with Crippen LogP contribution in [0.4, 0.5) is 0 Å². The van der Waals surface area contributed by atoms with Crippen LogP contribution in [-0.4, -0.2) is 204 Å². The standard InChI is InChI=1S/C15H19NO2S.C14H17NO4S.C14H17NO2S.C13H15NO4S.3C13H21NO4S/c1-3-4-11-16(2)19(17,18)15-10-9-13-7-5-6-8-14(13)12-15;1-3-4-9-15(2)20(17,18)12-6-7-13-11(10-12)5-8-14(16)19-13;1-2-3-10-15-18(16,17)14-9-8-12-6-4-5-7-13(12)11-14;1-2-3-8-14-19(16,17)11-5-6-12-10(9-11)4-7-13(15)18-12;1-5-6-9-14(2)19(15,16)13-8-7-11(17-3)10-12(13)18-4;1-5-6-9-14(2)19(15,16)11-7-8-12(17-3)13(10-11)18-4;1-5-6-9-14(2)19(15,16)13-10-11(17-3)7-8-12(13)18-4/h5-10,12H,3-4,11H2,1-2H3;5-8,10H,3-4,9H2,1-2H3;4-9,11,15H,2-3,10H2,1H3;4-7,9,14H,2-3,8H2,1H3;3*7-8,10H,5-6,9H2,1-4H3. The molecular weight excluding hydrogens is 1850 g/mol. The summed E-state index contributed by atoms with van der Waals surface area (Å²) >= 11 is 0. The van der Waals surface area contributed by atoms with Gasteiger partial charge >= 0.3 is 11.3 Å². The summed E-state index contributed by atoms with van der Waals surface area (Å²) in [6.07, 6.45) is 12.5. The molecule has 0 saturated carbocycles. The van der Waals surface area contributed by atoms with Crippen LogP contribution in [0.5, 0.6) is 34.5 Å². The van der Waals surface area contributed by atoms with Gasteiger partial charge in [0, 0.05) is 122 Å². The van der Waals surface area contributed by atoms with Crippen LogP contribution < -0.4 is 49.1 Å². The van der Waals surface area contributed by atoms with E-state index in [1.165, 1.54) is 137 Å². The van der Waals surface area contributed by atoms with Crippen molar-refractivity contribution in [2.24, 2.45) is 0 Å². The Morgan fingerprint density at radius 1 is 0.263 bits per heavy atom. The van der Waals surface area contributed by atoms with E-state index in [0.717, 1.165) is 111 Å². The maximum Gasteiger partial charge on any atom is 0.336 e. The van der Waals surface area contributed by atoms with Gasteiger partial charge in [0.1, 0.15) is 44.0 Å². The Morgan fingerprint density at radius 3 is 0.955 bits per heavy atom. The fourth-order valence-electron chi connectivity index (χ4n) is 12.4. The molecule has 0 radical (unpaired) electrons. The van der Waals surface area contributed by atoms with Crippen LogP contribution in [0.1, 0.15) is 138 Å². The lowest BCUT2D eigenvalue weighted by molar-refractivity contribution is 0.353. The second kappa shape index (κ2) is 55.2. The predicted molar refractivity (Wildman–Crippen MR) is 525 cm³/mol. The Balaban J connectivity index is 0.000000274. The Hall–Kier alpha value is -9.91. The molecule has 0 bridgehead atoms. The molecule has 9 aromatic carbocycles. The van der Waals surface area contributed by atoms with Gasteiger partial charge in [-0.05, 0) is 176 Å². The Labute approximate surface area is 787 Å². The fraction of sp³-hybridized carbons (Fsp3) is 0.411. The van der Waals surface area contributed by atoms with E-state index < -0.39 is 81.4 Å². The SMILES string of the molecule is CCCCN(C)S(=O)(=O)c1cc(OC)ccc1OC.CCCCN(C)S(=O)(=O)c1ccc(OC)c(OC)c1.CCCCN(C)S(=O)(=O)c1ccc(OC)cc1OC.CCCCN(C)S(=O)(=O)c1ccc2ccccc2c1.CCCCN(C)S(=O)(=O)c1ccc2oc(=O)ccc2c1.CCCCNS(=O)(=O)c1ccc2ccccc2c1.CCCCNS(=O)(=O)c1ccc2oc(=O)ccc2c1. The van der Waals surface area contributed by atoms with Gasteiger partial charge in [0.2, 0.25) is 70.2 Å². The minimum atomic E-state index is -3.56. The summed E-state index contributed by atoms with van der Waals surface area (Å²) < 4.78 is 225. The Kier molecular flexibility index (Phi) is 47.1. The lowest BCUT2D eigenvalue weighted by Crippen LogP contribution is -2.28. The zero-order valence-electron chi connectivity index (χ0n) is 79.3. The Bertz CT molecular complexity index is 6530. The first-order chi connectivity index (χ1) is 63.1. The first-order valence-corrected chi connectivity index (χ1v) is 53.8. The zero-order chi connectivity index (χ0) is 98.9. The summed E-state index contributed by atoms with van der Waals surface area (Å²) in [5, 5.41) is 5.17. The van der Waals surface area contributed by atoms with E-state index in [1.807, 2.05) is 102 Å². The van der Waals surface area contributed by atoms with Gasteiger partial charge < -0.3 is 37.3 Å². The van der Waals surface area contributed by atoms with Crippen molar-refractivity contribution >= 4 is 114 Å². The Morgan fingerprint density at radius 2 is 0.564 bits per heavy atom. The minimum Gasteiger partial charge on any atom is -0.497 e. The summed E-state index contributed by atoms with van der Waals surface area (Å²) in [6, 6.07) is 54.6. The van der Waals surface area contributed by atoms with Crippen molar-refractivity contribution in [1.29, 1.82) is 0 Å². The molecule has 732 valence electrons. The van der Waals surface area contributed by atoms with E-state index in [1.54, 1.807) is 102 Å². The van der Waals surface area contributed by atoms with E-state index in [4.69, 9.17) is 37.3 Å². The van der Waals surface area contributed by atoms with Crippen LogP contribution in [0.15, 0.2) is 253 Å². The van der Waals surface area contributed by atoms with Crippen molar-refractivity contribution in [2.45, 2.75) is 173 Å². The van der Waals surface area contributed by atoms with Gasteiger partial charge in [0.15, 0.2) is 11.5 Å². The second-order valence-corrected chi connectivity index (χ2v) is 44.1. The van der Waals surface area contributed by atoms with E-state index in [-0.39, 0.29) is 24.5 Å². The number of ether oxygens (including phenoxy) is 6. The molecule has 2 heterocycles. The number of nitrogens with zero attached hydrogens (tertiary/aromatic N) is 5. The fourth-order valence-corrected chi connectivity index (χ4v) is 21.0. The molecule has 0 spiro atoms. The highest BCUT2D eigenvalue weighted by Gasteiger charge is 2.29. The van der Waals surface area contributed by atoms with Gasteiger partial charge in [0.25, 0.3) is 0 Å². The van der Waals surface area contributed by atoms with Crippen LogP contribution in [0.25, 0.3) is 43.5 Å². The number of methoxy groups -OCH3 is 6. The molecule has 2 aromatic heterocycles. The van der Waals surface area contributed by atoms with Crippen LogP contribution in [0.2, 0.25) is 0 Å². The number of rotatable bonds is 41. The van der Waals surface area contributed by atoms with Gasteiger partial charge in [-0.3, -0.25) is 0 Å². The quantitative estimate of drug-likeness (QED) is 0.0265. The minimum absolute atomic E-state index is 0.132. The van der Waals surface area contributed by atoms with Crippen LogP contribution in [0, 0.1) is 0 Å². The number of hydrogen-bond acceptors (Lipinski definition) is 24. The molecule has 0 aliphatic carbocycles. The van der Waals surface area contributed by atoms with Gasteiger partial charge in [-0.25, -0.2) is 99.5 Å². The molecule has 0 unspecified atom stereocenters. The topological polar surface area (TPSA) is 395 Å². The van der Waals surface area contributed by atoms with Gasteiger partial charge in [-0.1, -0.05) is 154 Å². The third-order valence-electron chi connectivity index (χ3n) is 20.6. The molecule has 133 heavy (non-hydrogen) atoms. The lowest BCUT2D eigenvalue weighted by Gasteiger charge is -2.19. The molecule has 0 aliphatic rings. The molecular formula is C95H131N7O24S7. The van der Waals surface area contributed by atoms with Crippen LogP contribution in [-0.2, 0) is 70.2 Å². The smallest absolute Gasteiger partial charge is 0.336 e. The second-order valence-electron chi connectivity index (χ2n) is 30.4. The van der Waals surface area contributed by atoms with Crippen molar-refractivity contribution in [3.8, 4) is 34.5 Å². The number of sulfonamides is 7. The monoisotopic (exact) mass is 1980 g/mol. The molecule has 2 N–H and O–H groups in total. The van der Waals surface area contributed by atoms with Gasteiger partial charge in [-0.15, -0.1) is 0 Å². The number of fused-ring (bicyclic) bond motifs is 4. The summed E-state index contributed by atoms with van der Waals surface area (Å²) in [5.74, 6) is 2.59. The maximum atomic E-state index is 12.5. The van der Waals surface area contributed by atoms with Crippen LogP contribution in [0.3, 0.4) is 0 Å². The lowest BCUT2D eigenvalue weighted by atomic mass is 10.1. The molecule has 0 fully saturated rings. The predicted octanol–water partition coefficient (Wildman–Crippen LogP) is 16.6. The summed E-state index contributed by atoms with van der Waals surface area (Å²) in [5.41, 5.74) is -0.148. The number of hydrogen-bond donors (Lipinski definition) is 2. The van der Waals surface area contributed by atoms with Crippen LogP contribution >= 0.6 is 0 Å². The summed E-state index contributed by atoms with van der Waals surface area (Å²) in [6.45, 7) is 17.6. The van der Waals surface area contributed by atoms with E-state index in [0.29, 0.717) is 112 Å². The highest BCUT2D eigenvalue weighted by molar-refractivity contribution is 7.91. The first kappa shape index (κ1) is 114. The third kappa shape index (κ3) is 33.5. The van der Waals surface area contributed by atoms with Gasteiger partial charge in [0.05, 0.1) is 67.1 Å². The summed E-state index contributed by atoms with van der Waals surface area (Å²) in [7, 11) is -7.44. The molecule has 0 atom stereocenters. The largest absolute Gasteiger partial charge is 0.497 e. The third-order valence-corrected chi connectivity index (χ3v) is 32.9. The van der Waals surface area contributed by atoms with Gasteiger partial charge in [-0.2, -0.15) is 0 Å². The number of nitrogens with one attached hydrogen (secondary N) is 2. The molecule has 0 saturated heterocycles. The van der Waals surface area contributed by atoms with Crippen molar-refractivity contribution in [2.75, 3.05) is 124 Å². The van der Waals surface area contributed by atoms with E-state index >= 15 is 0 Å². The number of unbranched alkanes of at least 4 members (excludes halogenated alkanes) is 7. The number of benzene rings is 9. The molecule has 11 rings (SSSR count). The molecule has 38 heteroatoms. The van der Waals surface area contributed by atoms with Crippen molar-refractivity contribution in [1.82, 2.24) is 31.0 Å². The molecule has 0 amide bonds. The first-order valence-electron chi connectivity index (χ1n) is 43.6. The zero-order valence-corrected chi connectivity index (χ0v) is 85.0.